The highest BCUT2D eigenvalue weighted by molar-refractivity contribution is 6.84. The molecule has 0 radical (unpaired) electrons. The lowest BCUT2D eigenvalue weighted by molar-refractivity contribution is 0.416. The Morgan fingerprint density at radius 3 is 2.00 bits per heavy atom. The zero-order valence-electron chi connectivity index (χ0n) is 8.22. The summed E-state index contributed by atoms with van der Waals surface area (Å²) in [6.45, 7) is 6.51. The minimum Gasteiger partial charge on any atom is -0.416 e. The van der Waals surface area contributed by atoms with E-state index in [2.05, 4.69) is 44.3 Å². The maximum Gasteiger partial charge on any atom is 0.217 e. The Labute approximate surface area is 75.5 Å². The third kappa shape index (κ3) is 1.96. The summed E-state index contributed by atoms with van der Waals surface area (Å²) in [6.07, 6.45) is 0. The first-order valence-electron chi connectivity index (χ1n) is 4.18. The van der Waals surface area contributed by atoms with Gasteiger partial charge in [0.2, 0.25) is 8.32 Å². The minimum absolute atomic E-state index is 1.31. The van der Waals surface area contributed by atoms with E-state index in [1.54, 1.807) is 7.11 Å². The normalized spacial score (nSPS) is 11.7. The Kier molecular flexibility index (Phi) is 2.70. The zero-order valence-corrected chi connectivity index (χ0v) is 9.22. The summed E-state index contributed by atoms with van der Waals surface area (Å²) >= 11 is 0. The van der Waals surface area contributed by atoms with Crippen molar-refractivity contribution in [1.29, 1.82) is 0 Å². The van der Waals surface area contributed by atoms with E-state index < -0.39 is 8.32 Å². The molecule has 0 aromatic heterocycles. The monoisotopic (exact) mass is 180 g/mol. The number of hydrogen-bond donors (Lipinski definition) is 0. The lowest BCUT2D eigenvalue weighted by Crippen LogP contribution is -2.43. The molecule has 0 aliphatic heterocycles. The van der Waals surface area contributed by atoms with E-state index in [0.717, 1.165) is 0 Å². The molecule has 1 aromatic rings. The van der Waals surface area contributed by atoms with Crippen molar-refractivity contribution in [3.63, 3.8) is 0 Å². The molecule has 0 atom stereocenters. The molecule has 2 heteroatoms. The molecule has 0 aliphatic rings. The third-order valence-electron chi connectivity index (χ3n) is 2.26. The third-order valence-corrected chi connectivity index (χ3v) is 5.00. The van der Waals surface area contributed by atoms with Crippen LogP contribution in [0.15, 0.2) is 24.3 Å². The number of benzene rings is 1. The van der Waals surface area contributed by atoms with E-state index in [0.29, 0.717) is 0 Å². The van der Waals surface area contributed by atoms with E-state index in [1.807, 2.05) is 0 Å². The van der Waals surface area contributed by atoms with Crippen LogP contribution in [0.25, 0.3) is 0 Å². The van der Waals surface area contributed by atoms with Gasteiger partial charge in [0.05, 0.1) is 0 Å². The Morgan fingerprint density at radius 2 is 1.58 bits per heavy atom. The fraction of sp³-hybridized carbons (Fsp3) is 0.400. The lowest BCUT2D eigenvalue weighted by atomic mass is 10.2. The zero-order chi connectivity index (χ0) is 9.19. The maximum absolute atomic E-state index is 5.50. The molecular formula is C10H16OSi. The van der Waals surface area contributed by atoms with Crippen LogP contribution in [-0.2, 0) is 4.43 Å². The van der Waals surface area contributed by atoms with Gasteiger partial charge in [0.25, 0.3) is 0 Å². The first kappa shape index (κ1) is 9.48. The second-order valence-electron chi connectivity index (χ2n) is 3.58. The molecule has 0 amide bonds. The first-order chi connectivity index (χ1) is 5.56. The van der Waals surface area contributed by atoms with Gasteiger partial charge in [-0.2, -0.15) is 0 Å². The summed E-state index contributed by atoms with van der Waals surface area (Å²) in [7, 11) is 0.221. The predicted molar refractivity (Wildman–Crippen MR) is 55.3 cm³/mol. The highest BCUT2D eigenvalue weighted by atomic mass is 28.4. The van der Waals surface area contributed by atoms with Crippen molar-refractivity contribution < 1.29 is 4.43 Å². The van der Waals surface area contributed by atoms with Gasteiger partial charge >= 0.3 is 0 Å². The SMILES string of the molecule is CO[Si](C)(C)c1ccc(C)cc1. The van der Waals surface area contributed by atoms with Crippen LogP contribution in [0.1, 0.15) is 5.56 Å². The maximum atomic E-state index is 5.50. The summed E-state index contributed by atoms with van der Waals surface area (Å²) in [4.78, 5) is 0. The summed E-state index contributed by atoms with van der Waals surface area (Å²) in [5, 5.41) is 1.36. The molecule has 0 bridgehead atoms. The molecule has 0 aliphatic carbocycles. The summed E-state index contributed by atoms with van der Waals surface area (Å²) in [5.41, 5.74) is 1.31. The molecule has 1 aromatic carbocycles. The van der Waals surface area contributed by atoms with E-state index in [9.17, 15) is 0 Å². The van der Waals surface area contributed by atoms with Crippen molar-refractivity contribution >= 4 is 13.5 Å². The Bertz CT molecular complexity index is 251. The van der Waals surface area contributed by atoms with Crippen LogP contribution in [-0.4, -0.2) is 15.4 Å². The second kappa shape index (κ2) is 3.41. The molecule has 0 N–H and O–H groups in total. The molecule has 0 saturated carbocycles. The van der Waals surface area contributed by atoms with Crippen molar-refractivity contribution in [1.82, 2.24) is 0 Å². The van der Waals surface area contributed by atoms with Gasteiger partial charge in [0.15, 0.2) is 0 Å². The average molecular weight is 180 g/mol. The average Bonchev–Trinajstić information content (AvgIpc) is 2.05. The fourth-order valence-electron chi connectivity index (χ4n) is 1.07. The largest absolute Gasteiger partial charge is 0.416 e. The molecule has 1 nitrogen and oxygen atoms in total. The highest BCUT2D eigenvalue weighted by Gasteiger charge is 2.22. The summed E-state index contributed by atoms with van der Waals surface area (Å²) in [6, 6.07) is 8.63. The second-order valence-corrected chi connectivity index (χ2v) is 7.59. The van der Waals surface area contributed by atoms with Crippen LogP contribution in [0, 0.1) is 6.92 Å². The standard InChI is InChI=1S/C10H16OSi/c1-9-5-7-10(8-6-9)12(3,4)11-2/h5-8H,1-4H3. The van der Waals surface area contributed by atoms with Crippen LogP contribution >= 0.6 is 0 Å². The van der Waals surface area contributed by atoms with Gasteiger partial charge in [0.1, 0.15) is 0 Å². The van der Waals surface area contributed by atoms with Gasteiger partial charge in [0, 0.05) is 7.11 Å². The molecule has 0 fully saturated rings. The summed E-state index contributed by atoms with van der Waals surface area (Å²) in [5.74, 6) is 0. The molecule has 1 rings (SSSR count). The van der Waals surface area contributed by atoms with Gasteiger partial charge < -0.3 is 4.43 Å². The Balaban J connectivity index is 2.96. The van der Waals surface area contributed by atoms with Crippen LogP contribution in [0.4, 0.5) is 0 Å². The van der Waals surface area contributed by atoms with Crippen LogP contribution in [0.2, 0.25) is 13.1 Å². The highest BCUT2D eigenvalue weighted by Crippen LogP contribution is 2.04. The van der Waals surface area contributed by atoms with E-state index in [4.69, 9.17) is 4.43 Å². The number of aryl methyl sites for hydroxylation is 1. The van der Waals surface area contributed by atoms with Crippen LogP contribution < -0.4 is 5.19 Å². The summed E-state index contributed by atoms with van der Waals surface area (Å²) < 4.78 is 5.50. The number of rotatable bonds is 2. The first-order valence-corrected chi connectivity index (χ1v) is 7.09. The molecule has 66 valence electrons. The van der Waals surface area contributed by atoms with Crippen molar-refractivity contribution in [3.05, 3.63) is 29.8 Å². The van der Waals surface area contributed by atoms with E-state index in [-0.39, 0.29) is 0 Å². The molecule has 0 spiro atoms. The molecular weight excluding hydrogens is 164 g/mol. The van der Waals surface area contributed by atoms with Crippen molar-refractivity contribution in [2.75, 3.05) is 7.11 Å². The Hall–Kier alpha value is -0.603. The molecule has 12 heavy (non-hydrogen) atoms. The van der Waals surface area contributed by atoms with Gasteiger partial charge in [-0.3, -0.25) is 0 Å². The van der Waals surface area contributed by atoms with E-state index >= 15 is 0 Å². The fourth-order valence-corrected chi connectivity index (χ4v) is 2.28. The minimum atomic E-state index is -1.58. The van der Waals surface area contributed by atoms with Gasteiger partial charge in [-0.05, 0) is 25.2 Å². The smallest absolute Gasteiger partial charge is 0.217 e. The van der Waals surface area contributed by atoms with Gasteiger partial charge in [-0.15, -0.1) is 0 Å². The van der Waals surface area contributed by atoms with E-state index in [1.165, 1.54) is 10.8 Å². The van der Waals surface area contributed by atoms with Crippen molar-refractivity contribution in [2.24, 2.45) is 0 Å². The van der Waals surface area contributed by atoms with Crippen LogP contribution in [0.3, 0.4) is 0 Å². The lowest BCUT2D eigenvalue weighted by Gasteiger charge is -2.20. The van der Waals surface area contributed by atoms with Crippen LogP contribution in [0.5, 0.6) is 0 Å². The van der Waals surface area contributed by atoms with Crippen molar-refractivity contribution in [2.45, 2.75) is 20.0 Å². The molecule has 0 unspecified atom stereocenters. The van der Waals surface area contributed by atoms with Gasteiger partial charge in [-0.1, -0.05) is 29.8 Å². The molecule has 0 heterocycles. The topological polar surface area (TPSA) is 9.23 Å². The Morgan fingerprint density at radius 1 is 1.08 bits per heavy atom. The number of hydrogen-bond acceptors (Lipinski definition) is 1. The van der Waals surface area contributed by atoms with Crippen molar-refractivity contribution in [3.8, 4) is 0 Å². The predicted octanol–water partition coefficient (Wildman–Crippen LogP) is 2.05. The molecule has 0 saturated heterocycles. The van der Waals surface area contributed by atoms with Gasteiger partial charge in [-0.25, -0.2) is 0 Å². The quantitative estimate of drug-likeness (QED) is 0.633.